The summed E-state index contributed by atoms with van der Waals surface area (Å²) in [7, 11) is 0. The van der Waals surface area contributed by atoms with Gasteiger partial charge in [-0.1, -0.05) is 0 Å². The summed E-state index contributed by atoms with van der Waals surface area (Å²) in [5, 5.41) is 2.92. The molecule has 0 amide bonds. The lowest BCUT2D eigenvalue weighted by Crippen LogP contribution is -2.17. The van der Waals surface area contributed by atoms with Gasteiger partial charge < -0.3 is 10.1 Å². The Hall–Kier alpha value is -0.900. The standard InChI is InChI=1S/C5H10O2.C4H7NO/c1-5(2,3)7-4-6;6-4-1-2-5-3-4/h4H,1-3H3;5H,1-3H2. The van der Waals surface area contributed by atoms with Crippen molar-refractivity contribution in [3.05, 3.63) is 0 Å². The first-order chi connectivity index (χ1) is 5.95. The smallest absolute Gasteiger partial charge is 0.293 e. The van der Waals surface area contributed by atoms with Crippen molar-refractivity contribution in [2.24, 2.45) is 0 Å². The Balaban J connectivity index is 0.000000223. The van der Waals surface area contributed by atoms with Crippen molar-refractivity contribution in [1.82, 2.24) is 5.32 Å². The summed E-state index contributed by atoms with van der Waals surface area (Å²) in [6.07, 6.45) is 0.736. The number of carbonyl (C=O) groups is 2. The second-order valence-electron chi connectivity index (χ2n) is 3.79. The molecule has 4 nitrogen and oxygen atoms in total. The van der Waals surface area contributed by atoms with Crippen molar-refractivity contribution < 1.29 is 14.3 Å². The summed E-state index contributed by atoms with van der Waals surface area (Å²) in [5.41, 5.74) is -0.318. The van der Waals surface area contributed by atoms with Gasteiger partial charge in [-0.15, -0.1) is 0 Å². The fourth-order valence-corrected chi connectivity index (χ4v) is 0.688. The zero-order chi connectivity index (χ0) is 10.3. The Morgan fingerprint density at radius 2 is 2.08 bits per heavy atom. The first-order valence-corrected chi connectivity index (χ1v) is 4.29. The van der Waals surface area contributed by atoms with E-state index in [0.29, 0.717) is 18.8 Å². The molecule has 0 saturated carbocycles. The molecule has 1 aliphatic heterocycles. The minimum Gasteiger partial charge on any atom is -0.462 e. The molecule has 1 saturated heterocycles. The van der Waals surface area contributed by atoms with E-state index in [0.717, 1.165) is 13.0 Å². The molecule has 4 heteroatoms. The van der Waals surface area contributed by atoms with Gasteiger partial charge in [0.25, 0.3) is 6.47 Å². The van der Waals surface area contributed by atoms with Gasteiger partial charge in [-0.25, -0.2) is 0 Å². The van der Waals surface area contributed by atoms with Crippen LogP contribution in [0.25, 0.3) is 0 Å². The molecule has 1 fully saturated rings. The lowest BCUT2D eigenvalue weighted by Gasteiger charge is -2.14. The summed E-state index contributed by atoms with van der Waals surface area (Å²) in [5.74, 6) is 0.343. The van der Waals surface area contributed by atoms with Gasteiger partial charge in [-0.05, 0) is 20.8 Å². The van der Waals surface area contributed by atoms with Crippen molar-refractivity contribution in [3.63, 3.8) is 0 Å². The molecule has 0 aromatic heterocycles. The summed E-state index contributed by atoms with van der Waals surface area (Å²) in [6.45, 7) is 7.41. The second-order valence-corrected chi connectivity index (χ2v) is 3.79. The van der Waals surface area contributed by atoms with E-state index in [4.69, 9.17) is 0 Å². The number of nitrogens with one attached hydrogen (secondary N) is 1. The molecule has 0 spiro atoms. The Kier molecular flexibility index (Phi) is 5.30. The Morgan fingerprint density at radius 1 is 1.46 bits per heavy atom. The van der Waals surface area contributed by atoms with E-state index in [9.17, 15) is 9.59 Å². The SMILES string of the molecule is CC(C)(C)OC=O.O=C1CCNC1. The van der Waals surface area contributed by atoms with E-state index in [1.54, 1.807) is 0 Å². The molecule has 1 N–H and O–H groups in total. The minimum absolute atomic E-state index is 0.318. The molecule has 0 unspecified atom stereocenters. The molecule has 0 bridgehead atoms. The quantitative estimate of drug-likeness (QED) is 0.607. The van der Waals surface area contributed by atoms with Gasteiger partial charge in [0.15, 0.2) is 0 Å². The number of rotatable bonds is 1. The lowest BCUT2D eigenvalue weighted by molar-refractivity contribution is -0.138. The third-order valence-electron chi connectivity index (χ3n) is 1.30. The van der Waals surface area contributed by atoms with E-state index in [1.165, 1.54) is 0 Å². The minimum atomic E-state index is -0.318. The van der Waals surface area contributed by atoms with Crippen LogP contribution in [0.4, 0.5) is 0 Å². The molecule has 0 aromatic rings. The Morgan fingerprint density at radius 3 is 2.15 bits per heavy atom. The van der Waals surface area contributed by atoms with Gasteiger partial charge >= 0.3 is 0 Å². The topological polar surface area (TPSA) is 55.4 Å². The van der Waals surface area contributed by atoms with Crippen molar-refractivity contribution in [2.75, 3.05) is 13.1 Å². The first-order valence-electron chi connectivity index (χ1n) is 4.29. The highest BCUT2D eigenvalue weighted by Crippen LogP contribution is 2.02. The van der Waals surface area contributed by atoms with E-state index >= 15 is 0 Å². The van der Waals surface area contributed by atoms with Crippen LogP contribution in [0.2, 0.25) is 0 Å². The third-order valence-corrected chi connectivity index (χ3v) is 1.30. The van der Waals surface area contributed by atoms with Crippen molar-refractivity contribution in [2.45, 2.75) is 32.8 Å². The van der Waals surface area contributed by atoms with Crippen LogP contribution in [0.15, 0.2) is 0 Å². The van der Waals surface area contributed by atoms with Crippen LogP contribution < -0.4 is 5.32 Å². The van der Waals surface area contributed by atoms with Crippen LogP contribution in [0.5, 0.6) is 0 Å². The van der Waals surface area contributed by atoms with Crippen LogP contribution in [0.3, 0.4) is 0 Å². The summed E-state index contributed by atoms with van der Waals surface area (Å²) < 4.78 is 4.55. The number of hydrogen-bond acceptors (Lipinski definition) is 4. The molecule has 1 heterocycles. The maximum atomic E-state index is 10.2. The predicted molar refractivity (Wildman–Crippen MR) is 49.4 cm³/mol. The molecule has 1 rings (SSSR count). The summed E-state index contributed by atoms with van der Waals surface area (Å²) in [6, 6.07) is 0. The second kappa shape index (κ2) is 5.70. The first kappa shape index (κ1) is 12.1. The van der Waals surface area contributed by atoms with Gasteiger partial charge in [0.1, 0.15) is 11.4 Å². The zero-order valence-electron chi connectivity index (χ0n) is 8.42. The number of ketones is 1. The zero-order valence-corrected chi connectivity index (χ0v) is 8.42. The molecule has 0 aromatic carbocycles. The monoisotopic (exact) mass is 187 g/mol. The highest BCUT2D eigenvalue weighted by atomic mass is 16.5. The van der Waals surface area contributed by atoms with Gasteiger partial charge in [-0.2, -0.15) is 0 Å². The fourth-order valence-electron chi connectivity index (χ4n) is 0.688. The van der Waals surface area contributed by atoms with Gasteiger partial charge in [0, 0.05) is 13.0 Å². The van der Waals surface area contributed by atoms with Crippen molar-refractivity contribution in [3.8, 4) is 0 Å². The predicted octanol–water partition coefficient (Wildman–Crippen LogP) is 0.507. The average molecular weight is 187 g/mol. The molecular weight excluding hydrogens is 170 g/mol. The molecule has 76 valence electrons. The lowest BCUT2D eigenvalue weighted by atomic mass is 10.2. The van der Waals surface area contributed by atoms with Gasteiger partial charge in [-0.3, -0.25) is 9.59 Å². The maximum Gasteiger partial charge on any atom is 0.293 e. The van der Waals surface area contributed by atoms with Crippen LogP contribution >= 0.6 is 0 Å². The number of hydrogen-bond donors (Lipinski definition) is 1. The number of Topliss-reactive ketones (excluding diaryl/α,β-unsaturated/α-hetero) is 1. The van der Waals surface area contributed by atoms with Gasteiger partial charge in [0.05, 0.1) is 6.54 Å². The van der Waals surface area contributed by atoms with Crippen LogP contribution in [-0.4, -0.2) is 30.9 Å². The third kappa shape index (κ3) is 9.01. The van der Waals surface area contributed by atoms with Gasteiger partial charge in [0.2, 0.25) is 0 Å². The Bertz CT molecular complexity index is 164. The normalized spacial score (nSPS) is 16.1. The van der Waals surface area contributed by atoms with E-state index in [-0.39, 0.29) is 5.60 Å². The van der Waals surface area contributed by atoms with Crippen LogP contribution in [0.1, 0.15) is 27.2 Å². The molecule has 0 radical (unpaired) electrons. The number of ether oxygens (including phenoxy) is 1. The largest absolute Gasteiger partial charge is 0.462 e. The molecular formula is C9H17NO3. The maximum absolute atomic E-state index is 10.2. The highest BCUT2D eigenvalue weighted by molar-refractivity contribution is 5.82. The number of carbonyl (C=O) groups excluding carboxylic acids is 2. The van der Waals surface area contributed by atoms with Crippen LogP contribution in [-0.2, 0) is 14.3 Å². The molecule has 13 heavy (non-hydrogen) atoms. The summed E-state index contributed by atoms with van der Waals surface area (Å²) in [4.78, 5) is 19.8. The van der Waals surface area contributed by atoms with E-state index in [2.05, 4.69) is 10.1 Å². The van der Waals surface area contributed by atoms with E-state index in [1.807, 2.05) is 20.8 Å². The van der Waals surface area contributed by atoms with Crippen molar-refractivity contribution in [1.29, 1.82) is 0 Å². The molecule has 0 aliphatic carbocycles. The summed E-state index contributed by atoms with van der Waals surface area (Å²) >= 11 is 0. The average Bonchev–Trinajstić information content (AvgIpc) is 2.38. The fraction of sp³-hybridized carbons (Fsp3) is 0.778. The molecule has 1 aliphatic rings. The van der Waals surface area contributed by atoms with E-state index < -0.39 is 0 Å². The van der Waals surface area contributed by atoms with Crippen molar-refractivity contribution >= 4 is 12.3 Å². The Labute approximate surface area is 78.6 Å². The highest BCUT2D eigenvalue weighted by Gasteiger charge is 2.07. The molecule has 0 atom stereocenters. The van der Waals surface area contributed by atoms with Crippen LogP contribution in [0, 0.1) is 0 Å².